The van der Waals surface area contributed by atoms with Crippen molar-refractivity contribution >= 4 is 6.03 Å². The van der Waals surface area contributed by atoms with E-state index >= 15 is 0 Å². The molecule has 5 nitrogen and oxygen atoms in total. The van der Waals surface area contributed by atoms with Gasteiger partial charge < -0.3 is 20.5 Å². The minimum Gasteiger partial charge on any atom is -0.494 e. The number of hydrogen-bond donors (Lipinski definition) is 3. The van der Waals surface area contributed by atoms with Gasteiger partial charge in [-0.25, -0.2) is 4.79 Å². The number of carbonyl (C=O) groups excluding carboxylic acids is 1. The van der Waals surface area contributed by atoms with Crippen molar-refractivity contribution < 1.29 is 14.6 Å². The van der Waals surface area contributed by atoms with Crippen LogP contribution in [0.15, 0.2) is 24.3 Å². The zero-order chi connectivity index (χ0) is 15.7. The van der Waals surface area contributed by atoms with E-state index in [0.717, 1.165) is 11.3 Å². The number of carbonyl (C=O) groups is 1. The Kier molecular flexibility index (Phi) is 7.61. The molecule has 118 valence electrons. The number of para-hydroxylation sites is 1. The van der Waals surface area contributed by atoms with Crippen molar-refractivity contribution in [1.82, 2.24) is 10.6 Å². The lowest BCUT2D eigenvalue weighted by Crippen LogP contribution is -2.44. The van der Waals surface area contributed by atoms with Crippen LogP contribution in [0.5, 0.6) is 5.75 Å². The second-order valence-corrected chi connectivity index (χ2v) is 5.23. The first kappa shape index (κ1) is 17.3. The van der Waals surface area contributed by atoms with Crippen molar-refractivity contribution in [2.75, 3.05) is 13.2 Å². The Morgan fingerprint density at radius 3 is 2.67 bits per heavy atom. The molecule has 2 amide bonds. The summed E-state index contributed by atoms with van der Waals surface area (Å²) in [4.78, 5) is 11.9. The lowest BCUT2D eigenvalue weighted by molar-refractivity contribution is 0.218. The Labute approximate surface area is 126 Å². The fourth-order valence-electron chi connectivity index (χ4n) is 2.05. The molecule has 0 heterocycles. The molecule has 1 atom stereocenters. The van der Waals surface area contributed by atoms with Gasteiger partial charge >= 0.3 is 6.03 Å². The summed E-state index contributed by atoms with van der Waals surface area (Å²) in [5, 5.41) is 14.7. The normalized spacial score (nSPS) is 12.0. The minimum absolute atomic E-state index is 0.0304. The first-order valence-corrected chi connectivity index (χ1v) is 7.44. The van der Waals surface area contributed by atoms with Crippen LogP contribution in [0.3, 0.4) is 0 Å². The maximum atomic E-state index is 11.9. The molecular formula is C16H26N2O3. The molecule has 0 aliphatic carbocycles. The van der Waals surface area contributed by atoms with E-state index in [1.807, 2.05) is 45.0 Å². The Hall–Kier alpha value is -1.75. The summed E-state index contributed by atoms with van der Waals surface area (Å²) in [5.74, 6) is 1.06. The first-order valence-electron chi connectivity index (χ1n) is 7.44. The molecule has 1 aromatic carbocycles. The lowest BCUT2D eigenvalue weighted by atomic mass is 10.0. The summed E-state index contributed by atoms with van der Waals surface area (Å²) in [6.07, 6.45) is 0.556. The second kappa shape index (κ2) is 9.23. The van der Waals surface area contributed by atoms with Crippen LogP contribution in [-0.4, -0.2) is 30.4 Å². The highest BCUT2D eigenvalue weighted by atomic mass is 16.5. The van der Waals surface area contributed by atoms with Gasteiger partial charge in [0, 0.05) is 24.8 Å². The maximum absolute atomic E-state index is 11.9. The summed E-state index contributed by atoms with van der Waals surface area (Å²) < 4.78 is 5.52. The van der Waals surface area contributed by atoms with Crippen molar-refractivity contribution in [2.45, 2.75) is 39.8 Å². The molecule has 0 saturated carbocycles. The molecule has 0 saturated heterocycles. The van der Waals surface area contributed by atoms with E-state index in [-0.39, 0.29) is 24.6 Å². The number of aliphatic hydroxyl groups is 1. The monoisotopic (exact) mass is 294 g/mol. The van der Waals surface area contributed by atoms with Crippen LogP contribution in [0.4, 0.5) is 4.79 Å². The highest BCUT2D eigenvalue weighted by Crippen LogP contribution is 2.17. The molecule has 0 aromatic heterocycles. The van der Waals surface area contributed by atoms with Crippen molar-refractivity contribution in [1.29, 1.82) is 0 Å². The third-order valence-electron chi connectivity index (χ3n) is 3.27. The molecule has 0 spiro atoms. The zero-order valence-electron chi connectivity index (χ0n) is 13.1. The summed E-state index contributed by atoms with van der Waals surface area (Å²) in [5.41, 5.74) is 0.942. The molecule has 1 unspecified atom stereocenters. The van der Waals surface area contributed by atoms with Crippen LogP contribution >= 0.6 is 0 Å². The predicted octanol–water partition coefficient (Wildman–Crippen LogP) is 2.29. The van der Waals surface area contributed by atoms with Crippen LogP contribution < -0.4 is 15.4 Å². The molecular weight excluding hydrogens is 268 g/mol. The number of urea groups is 1. The van der Waals surface area contributed by atoms with Crippen LogP contribution in [0, 0.1) is 5.92 Å². The van der Waals surface area contributed by atoms with Crippen molar-refractivity contribution in [3.05, 3.63) is 29.8 Å². The topological polar surface area (TPSA) is 70.6 Å². The van der Waals surface area contributed by atoms with Gasteiger partial charge in [-0.15, -0.1) is 0 Å². The minimum atomic E-state index is -0.228. The quantitative estimate of drug-likeness (QED) is 0.689. The maximum Gasteiger partial charge on any atom is 0.315 e. The number of hydrogen-bond acceptors (Lipinski definition) is 3. The van der Waals surface area contributed by atoms with Crippen LogP contribution in [0.1, 0.15) is 32.8 Å². The van der Waals surface area contributed by atoms with Gasteiger partial charge in [0.25, 0.3) is 0 Å². The summed E-state index contributed by atoms with van der Waals surface area (Å²) in [6, 6.07) is 7.38. The Morgan fingerprint density at radius 2 is 2.05 bits per heavy atom. The molecule has 1 aromatic rings. The summed E-state index contributed by atoms with van der Waals surface area (Å²) in [6.45, 7) is 7.03. The average molecular weight is 294 g/mol. The third kappa shape index (κ3) is 6.04. The van der Waals surface area contributed by atoms with Gasteiger partial charge in [-0.05, 0) is 25.3 Å². The number of amides is 2. The van der Waals surface area contributed by atoms with E-state index in [2.05, 4.69) is 10.6 Å². The molecule has 1 rings (SSSR count). The molecule has 0 aliphatic heterocycles. The summed E-state index contributed by atoms with van der Waals surface area (Å²) in [7, 11) is 0. The molecule has 0 fully saturated rings. The number of aliphatic hydroxyl groups excluding tert-OH is 1. The van der Waals surface area contributed by atoms with Gasteiger partial charge in [0.1, 0.15) is 5.75 Å². The number of ether oxygens (including phenoxy) is 1. The van der Waals surface area contributed by atoms with Gasteiger partial charge in [0.2, 0.25) is 0 Å². The van der Waals surface area contributed by atoms with Crippen molar-refractivity contribution in [2.24, 2.45) is 5.92 Å². The average Bonchev–Trinajstić information content (AvgIpc) is 2.46. The summed E-state index contributed by atoms with van der Waals surface area (Å²) >= 11 is 0. The largest absolute Gasteiger partial charge is 0.494 e. The predicted molar refractivity (Wildman–Crippen MR) is 83.3 cm³/mol. The highest BCUT2D eigenvalue weighted by molar-refractivity contribution is 5.74. The van der Waals surface area contributed by atoms with Gasteiger partial charge in [0.05, 0.1) is 6.61 Å². The van der Waals surface area contributed by atoms with Crippen molar-refractivity contribution in [3.8, 4) is 5.75 Å². The first-order chi connectivity index (χ1) is 10.1. The SMILES string of the molecule is CCOc1ccccc1CNC(=O)NC(CCO)C(C)C. The Morgan fingerprint density at radius 1 is 1.33 bits per heavy atom. The number of nitrogens with one attached hydrogen (secondary N) is 2. The molecule has 0 radical (unpaired) electrons. The fourth-order valence-corrected chi connectivity index (χ4v) is 2.05. The van der Waals surface area contributed by atoms with E-state index in [9.17, 15) is 4.79 Å². The number of benzene rings is 1. The van der Waals surface area contributed by atoms with E-state index in [4.69, 9.17) is 9.84 Å². The fraction of sp³-hybridized carbons (Fsp3) is 0.562. The Bertz CT molecular complexity index is 435. The van der Waals surface area contributed by atoms with E-state index in [1.54, 1.807) is 0 Å². The standard InChI is InChI=1S/C16H26N2O3/c1-4-21-15-8-6-5-7-13(15)11-17-16(20)18-14(9-10-19)12(2)3/h5-8,12,14,19H,4,9-11H2,1-3H3,(H2,17,18,20). The van der Waals surface area contributed by atoms with E-state index in [0.29, 0.717) is 19.6 Å². The van der Waals surface area contributed by atoms with Gasteiger partial charge in [-0.1, -0.05) is 32.0 Å². The van der Waals surface area contributed by atoms with Crippen LogP contribution in [0.2, 0.25) is 0 Å². The van der Waals surface area contributed by atoms with Gasteiger partial charge in [0.15, 0.2) is 0 Å². The van der Waals surface area contributed by atoms with Gasteiger partial charge in [-0.2, -0.15) is 0 Å². The molecule has 3 N–H and O–H groups in total. The van der Waals surface area contributed by atoms with E-state index < -0.39 is 0 Å². The molecule has 0 aliphatic rings. The lowest BCUT2D eigenvalue weighted by Gasteiger charge is -2.22. The van der Waals surface area contributed by atoms with Gasteiger partial charge in [-0.3, -0.25) is 0 Å². The second-order valence-electron chi connectivity index (χ2n) is 5.23. The smallest absolute Gasteiger partial charge is 0.315 e. The molecule has 5 heteroatoms. The number of rotatable bonds is 8. The van der Waals surface area contributed by atoms with Crippen LogP contribution in [-0.2, 0) is 6.54 Å². The molecule has 0 bridgehead atoms. The van der Waals surface area contributed by atoms with Crippen LogP contribution in [0.25, 0.3) is 0 Å². The zero-order valence-corrected chi connectivity index (χ0v) is 13.1. The van der Waals surface area contributed by atoms with E-state index in [1.165, 1.54) is 0 Å². The third-order valence-corrected chi connectivity index (χ3v) is 3.27. The Balaban J connectivity index is 2.52. The highest BCUT2D eigenvalue weighted by Gasteiger charge is 2.15. The van der Waals surface area contributed by atoms with Crippen molar-refractivity contribution in [3.63, 3.8) is 0 Å². The molecule has 21 heavy (non-hydrogen) atoms.